The largest absolute Gasteiger partial charge is 0.476 e. The first-order chi connectivity index (χ1) is 13.5. The van der Waals surface area contributed by atoms with Crippen LogP contribution in [0.15, 0.2) is 48.5 Å². The summed E-state index contributed by atoms with van der Waals surface area (Å²) in [5.41, 5.74) is 1.58. The number of rotatable bonds is 5. The van der Waals surface area contributed by atoms with Crippen molar-refractivity contribution in [3.63, 3.8) is 0 Å². The zero-order valence-electron chi connectivity index (χ0n) is 15.8. The van der Waals surface area contributed by atoms with E-state index < -0.39 is 12.1 Å². The standard InChI is InChI=1S/C21H22N2O5/c1-3-12-27-21(26)15-8-10-16(11-9-15)22-20(25)19-13-23(14(2)24)17-6-4-5-7-18(17)28-19/h4-11,19H,3,12-13H2,1-2H3,(H,22,25)/t19-/m1/s1. The summed E-state index contributed by atoms with van der Waals surface area (Å²) in [5.74, 6) is -0.451. The molecule has 0 saturated heterocycles. The lowest BCUT2D eigenvalue weighted by molar-refractivity contribution is -0.123. The molecule has 3 rings (SSSR count). The topological polar surface area (TPSA) is 84.9 Å². The zero-order chi connectivity index (χ0) is 20.1. The van der Waals surface area contributed by atoms with Crippen molar-refractivity contribution in [2.24, 2.45) is 0 Å². The summed E-state index contributed by atoms with van der Waals surface area (Å²) in [6.45, 7) is 3.86. The highest BCUT2D eigenvalue weighted by Crippen LogP contribution is 2.33. The van der Waals surface area contributed by atoms with Crippen LogP contribution in [0.1, 0.15) is 30.6 Å². The second-order valence-corrected chi connectivity index (χ2v) is 6.41. The molecular weight excluding hydrogens is 360 g/mol. The maximum Gasteiger partial charge on any atom is 0.338 e. The second-order valence-electron chi connectivity index (χ2n) is 6.41. The Hall–Kier alpha value is -3.35. The molecule has 2 aromatic rings. The van der Waals surface area contributed by atoms with Crippen LogP contribution in [0, 0.1) is 0 Å². The summed E-state index contributed by atoms with van der Waals surface area (Å²) in [6.07, 6.45) is -0.0882. The Bertz CT molecular complexity index is 879. The Kier molecular flexibility index (Phi) is 5.93. The third kappa shape index (κ3) is 4.31. The highest BCUT2D eigenvalue weighted by Gasteiger charge is 2.32. The van der Waals surface area contributed by atoms with E-state index in [1.807, 2.05) is 13.0 Å². The number of hydrogen-bond acceptors (Lipinski definition) is 5. The quantitative estimate of drug-likeness (QED) is 0.804. The maximum absolute atomic E-state index is 12.6. The van der Waals surface area contributed by atoms with Crippen molar-refractivity contribution in [3.05, 3.63) is 54.1 Å². The Labute approximate surface area is 163 Å². The molecule has 0 unspecified atom stereocenters. The van der Waals surface area contributed by atoms with Crippen LogP contribution in [0.2, 0.25) is 0 Å². The molecule has 1 aliphatic rings. The van der Waals surface area contributed by atoms with Gasteiger partial charge in [0.2, 0.25) is 5.91 Å². The minimum atomic E-state index is -0.840. The van der Waals surface area contributed by atoms with E-state index in [-0.39, 0.29) is 18.4 Å². The van der Waals surface area contributed by atoms with Crippen LogP contribution in [-0.4, -0.2) is 37.0 Å². The van der Waals surface area contributed by atoms with E-state index in [4.69, 9.17) is 9.47 Å². The van der Waals surface area contributed by atoms with Crippen LogP contribution in [0.25, 0.3) is 0 Å². The molecule has 0 fully saturated rings. The van der Waals surface area contributed by atoms with Crippen molar-refractivity contribution in [2.75, 3.05) is 23.4 Å². The molecular formula is C21H22N2O5. The second kappa shape index (κ2) is 8.56. The molecule has 2 aromatic carbocycles. The third-order valence-corrected chi connectivity index (χ3v) is 4.27. The van der Waals surface area contributed by atoms with Gasteiger partial charge in [-0.15, -0.1) is 0 Å². The van der Waals surface area contributed by atoms with Gasteiger partial charge < -0.3 is 19.7 Å². The molecule has 1 aliphatic heterocycles. The van der Waals surface area contributed by atoms with E-state index in [0.29, 0.717) is 29.3 Å². The minimum absolute atomic E-state index is 0.125. The number of hydrogen-bond donors (Lipinski definition) is 1. The molecule has 1 atom stereocenters. The van der Waals surface area contributed by atoms with E-state index >= 15 is 0 Å². The van der Waals surface area contributed by atoms with Crippen LogP contribution in [0.4, 0.5) is 11.4 Å². The number of fused-ring (bicyclic) bond motifs is 1. The SMILES string of the molecule is CCCOC(=O)c1ccc(NC(=O)[C@H]2CN(C(C)=O)c3ccccc3O2)cc1. The normalized spacial score (nSPS) is 15.2. The van der Waals surface area contributed by atoms with Crippen LogP contribution in [-0.2, 0) is 14.3 Å². The number of carbonyl (C=O) groups is 3. The van der Waals surface area contributed by atoms with Crippen molar-refractivity contribution >= 4 is 29.2 Å². The van der Waals surface area contributed by atoms with Gasteiger partial charge in [-0.2, -0.15) is 0 Å². The Morgan fingerprint density at radius 1 is 1.14 bits per heavy atom. The lowest BCUT2D eigenvalue weighted by Gasteiger charge is -2.33. The van der Waals surface area contributed by atoms with Gasteiger partial charge in [-0.25, -0.2) is 4.79 Å². The summed E-state index contributed by atoms with van der Waals surface area (Å²) < 4.78 is 10.8. The molecule has 7 nitrogen and oxygen atoms in total. The van der Waals surface area contributed by atoms with Crippen LogP contribution in [0.5, 0.6) is 5.75 Å². The molecule has 0 aromatic heterocycles. The molecule has 1 heterocycles. The van der Waals surface area contributed by atoms with Gasteiger partial charge in [0.25, 0.3) is 5.91 Å². The fourth-order valence-corrected chi connectivity index (χ4v) is 2.86. The van der Waals surface area contributed by atoms with Crippen LogP contribution in [0.3, 0.4) is 0 Å². The molecule has 0 saturated carbocycles. The van der Waals surface area contributed by atoms with Gasteiger partial charge in [0.15, 0.2) is 6.10 Å². The van der Waals surface area contributed by atoms with E-state index in [1.165, 1.54) is 11.8 Å². The van der Waals surface area contributed by atoms with Gasteiger partial charge in [0, 0.05) is 12.6 Å². The highest BCUT2D eigenvalue weighted by molar-refractivity contribution is 5.99. The van der Waals surface area contributed by atoms with Gasteiger partial charge in [-0.3, -0.25) is 9.59 Å². The van der Waals surface area contributed by atoms with Gasteiger partial charge in [-0.05, 0) is 42.8 Å². The van der Waals surface area contributed by atoms with Crippen molar-refractivity contribution < 1.29 is 23.9 Å². The molecule has 146 valence electrons. The van der Waals surface area contributed by atoms with Crippen LogP contribution < -0.4 is 15.0 Å². The van der Waals surface area contributed by atoms with Crippen molar-refractivity contribution in [3.8, 4) is 5.75 Å². The summed E-state index contributed by atoms with van der Waals surface area (Å²) in [7, 11) is 0. The van der Waals surface area contributed by atoms with Crippen LogP contribution >= 0.6 is 0 Å². The molecule has 7 heteroatoms. The first-order valence-corrected chi connectivity index (χ1v) is 9.11. The predicted molar refractivity (Wildman–Crippen MR) is 105 cm³/mol. The number of para-hydroxylation sites is 2. The molecule has 28 heavy (non-hydrogen) atoms. The first-order valence-electron chi connectivity index (χ1n) is 9.11. The number of amides is 2. The van der Waals surface area contributed by atoms with Gasteiger partial charge in [-0.1, -0.05) is 19.1 Å². The number of anilines is 2. The number of carbonyl (C=O) groups excluding carboxylic acids is 3. The Morgan fingerprint density at radius 2 is 1.86 bits per heavy atom. The fourth-order valence-electron chi connectivity index (χ4n) is 2.86. The number of ether oxygens (including phenoxy) is 2. The maximum atomic E-state index is 12.6. The average molecular weight is 382 g/mol. The average Bonchev–Trinajstić information content (AvgIpc) is 2.71. The molecule has 0 spiro atoms. The predicted octanol–water partition coefficient (Wildman–Crippen LogP) is 3.01. The zero-order valence-corrected chi connectivity index (χ0v) is 15.8. The first kappa shape index (κ1) is 19.4. The smallest absolute Gasteiger partial charge is 0.338 e. The lowest BCUT2D eigenvalue weighted by Crippen LogP contribution is -2.48. The summed E-state index contributed by atoms with van der Waals surface area (Å²) in [5, 5.41) is 2.76. The van der Waals surface area contributed by atoms with E-state index in [9.17, 15) is 14.4 Å². The summed E-state index contributed by atoms with van der Waals surface area (Å²) in [4.78, 5) is 38.0. The monoisotopic (exact) mass is 382 g/mol. The van der Waals surface area contributed by atoms with Crippen molar-refractivity contribution in [2.45, 2.75) is 26.4 Å². The number of nitrogens with one attached hydrogen (secondary N) is 1. The molecule has 1 N–H and O–H groups in total. The highest BCUT2D eigenvalue weighted by atomic mass is 16.5. The summed E-state index contributed by atoms with van der Waals surface area (Å²) >= 11 is 0. The number of nitrogens with zero attached hydrogens (tertiary/aromatic N) is 1. The van der Waals surface area contributed by atoms with Crippen molar-refractivity contribution in [1.82, 2.24) is 0 Å². The number of benzene rings is 2. The van der Waals surface area contributed by atoms with E-state index in [0.717, 1.165) is 6.42 Å². The third-order valence-electron chi connectivity index (χ3n) is 4.27. The summed E-state index contributed by atoms with van der Waals surface area (Å²) in [6, 6.07) is 13.5. The molecule has 0 radical (unpaired) electrons. The van der Waals surface area contributed by atoms with Gasteiger partial charge >= 0.3 is 5.97 Å². The molecule has 2 amide bonds. The Balaban J connectivity index is 1.68. The van der Waals surface area contributed by atoms with E-state index in [1.54, 1.807) is 42.5 Å². The Morgan fingerprint density at radius 3 is 2.54 bits per heavy atom. The number of esters is 1. The van der Waals surface area contributed by atoms with Gasteiger partial charge in [0.05, 0.1) is 24.4 Å². The van der Waals surface area contributed by atoms with E-state index in [2.05, 4.69) is 5.32 Å². The fraction of sp³-hybridized carbons (Fsp3) is 0.286. The lowest BCUT2D eigenvalue weighted by atomic mass is 10.1. The molecule has 0 aliphatic carbocycles. The van der Waals surface area contributed by atoms with Crippen molar-refractivity contribution in [1.29, 1.82) is 0 Å². The molecule has 0 bridgehead atoms. The van der Waals surface area contributed by atoms with Gasteiger partial charge in [0.1, 0.15) is 5.75 Å². The minimum Gasteiger partial charge on any atom is -0.476 e.